The summed E-state index contributed by atoms with van der Waals surface area (Å²) in [6.45, 7) is 1.84. The van der Waals surface area contributed by atoms with E-state index in [-0.39, 0.29) is 43.2 Å². The molecule has 0 saturated carbocycles. The molecule has 2 aliphatic rings. The average Bonchev–Trinajstić information content (AvgIpc) is 3.26. The summed E-state index contributed by atoms with van der Waals surface area (Å²) in [5, 5.41) is 14.6. The van der Waals surface area contributed by atoms with E-state index in [0.29, 0.717) is 24.6 Å². The smallest absolute Gasteiger partial charge is 0.239 e. The Morgan fingerprint density at radius 2 is 2.24 bits per heavy atom. The second kappa shape index (κ2) is 8.34. The number of hydrogen-bond donors (Lipinski definition) is 2. The van der Waals surface area contributed by atoms with Crippen molar-refractivity contribution in [3.05, 3.63) is 5.01 Å². The number of hydrogen-bond acceptors (Lipinski definition) is 7. The SMILES string of the molecule is O=C1CN(C(=O)CCCC(=O)Nc2nnc(C3CCCO3)s2)CCN1. The summed E-state index contributed by atoms with van der Waals surface area (Å²) in [5.74, 6) is -0.436. The Morgan fingerprint density at radius 3 is 3.00 bits per heavy atom. The fourth-order valence-corrected chi connectivity index (χ4v) is 3.62. The standard InChI is InChI=1S/C15H21N5O4S/c21-11(4-1-5-13(23)20-7-6-16-12(22)9-20)17-15-19-18-14(25-15)10-3-2-8-24-10/h10H,1-9H2,(H,16,22)(H,17,19,21). The van der Waals surface area contributed by atoms with Gasteiger partial charge in [0.1, 0.15) is 11.1 Å². The molecule has 3 amide bonds. The lowest BCUT2D eigenvalue weighted by molar-refractivity contribution is -0.138. The quantitative estimate of drug-likeness (QED) is 0.755. The van der Waals surface area contributed by atoms with Crippen LogP contribution in [-0.4, -0.2) is 59.1 Å². The fourth-order valence-electron chi connectivity index (χ4n) is 2.78. The number of piperazine rings is 1. The van der Waals surface area contributed by atoms with Gasteiger partial charge in [0, 0.05) is 32.5 Å². The normalized spacial score (nSPS) is 20.4. The summed E-state index contributed by atoms with van der Waals surface area (Å²) in [6.07, 6.45) is 2.83. The van der Waals surface area contributed by atoms with Gasteiger partial charge < -0.3 is 20.3 Å². The Balaban J connectivity index is 1.38. The van der Waals surface area contributed by atoms with Crippen LogP contribution in [0.25, 0.3) is 0 Å². The van der Waals surface area contributed by atoms with E-state index in [1.807, 2.05) is 0 Å². The van der Waals surface area contributed by atoms with E-state index in [1.54, 1.807) is 0 Å². The van der Waals surface area contributed by atoms with E-state index in [9.17, 15) is 14.4 Å². The van der Waals surface area contributed by atoms with Crippen molar-refractivity contribution in [2.75, 3.05) is 31.6 Å². The highest BCUT2D eigenvalue weighted by Gasteiger charge is 2.23. The van der Waals surface area contributed by atoms with Gasteiger partial charge >= 0.3 is 0 Å². The molecule has 3 heterocycles. The molecule has 0 aliphatic carbocycles. The predicted octanol–water partition coefficient (Wildman–Crippen LogP) is 0.457. The Hall–Kier alpha value is -2.07. The lowest BCUT2D eigenvalue weighted by atomic mass is 10.2. The van der Waals surface area contributed by atoms with Gasteiger partial charge in [-0.2, -0.15) is 0 Å². The van der Waals surface area contributed by atoms with Crippen LogP contribution in [0, 0.1) is 0 Å². The molecule has 2 saturated heterocycles. The van der Waals surface area contributed by atoms with Crippen molar-refractivity contribution in [2.24, 2.45) is 0 Å². The summed E-state index contributed by atoms with van der Waals surface area (Å²) >= 11 is 1.32. The minimum atomic E-state index is -0.195. The van der Waals surface area contributed by atoms with Crippen LogP contribution in [0.15, 0.2) is 0 Å². The number of ether oxygens (including phenoxy) is 1. The molecular formula is C15H21N5O4S. The molecule has 1 unspecified atom stereocenters. The zero-order valence-electron chi connectivity index (χ0n) is 13.8. The van der Waals surface area contributed by atoms with Crippen LogP contribution < -0.4 is 10.6 Å². The summed E-state index contributed by atoms with van der Waals surface area (Å²) < 4.78 is 5.54. The molecule has 10 heteroatoms. The van der Waals surface area contributed by atoms with Crippen LogP contribution in [0.1, 0.15) is 43.2 Å². The minimum absolute atomic E-state index is 0.0116. The molecule has 2 aliphatic heterocycles. The van der Waals surface area contributed by atoms with Gasteiger partial charge in [-0.1, -0.05) is 11.3 Å². The van der Waals surface area contributed by atoms with Crippen molar-refractivity contribution in [2.45, 2.75) is 38.2 Å². The van der Waals surface area contributed by atoms with Gasteiger partial charge in [-0.3, -0.25) is 14.4 Å². The molecule has 136 valence electrons. The number of carbonyl (C=O) groups excluding carboxylic acids is 3. The third-order valence-electron chi connectivity index (χ3n) is 4.08. The molecule has 0 aromatic carbocycles. The van der Waals surface area contributed by atoms with Gasteiger partial charge in [-0.25, -0.2) is 0 Å². The highest BCUT2D eigenvalue weighted by Crippen LogP contribution is 2.31. The van der Waals surface area contributed by atoms with Crippen molar-refractivity contribution >= 4 is 34.2 Å². The van der Waals surface area contributed by atoms with E-state index in [4.69, 9.17) is 4.74 Å². The van der Waals surface area contributed by atoms with Crippen LogP contribution in [0.2, 0.25) is 0 Å². The number of aromatic nitrogens is 2. The van der Waals surface area contributed by atoms with Crippen molar-refractivity contribution < 1.29 is 19.1 Å². The van der Waals surface area contributed by atoms with Gasteiger partial charge in [-0.15, -0.1) is 10.2 Å². The van der Waals surface area contributed by atoms with Gasteiger partial charge in [0.15, 0.2) is 0 Å². The zero-order valence-corrected chi connectivity index (χ0v) is 14.6. The molecule has 2 N–H and O–H groups in total. The second-order valence-electron chi connectivity index (χ2n) is 6.01. The first kappa shape index (κ1) is 17.7. The van der Waals surface area contributed by atoms with Crippen molar-refractivity contribution in [3.63, 3.8) is 0 Å². The van der Waals surface area contributed by atoms with Crippen molar-refractivity contribution in [1.82, 2.24) is 20.4 Å². The Bertz CT molecular complexity index is 644. The van der Waals surface area contributed by atoms with Crippen molar-refractivity contribution in [1.29, 1.82) is 0 Å². The molecular weight excluding hydrogens is 346 g/mol. The zero-order chi connectivity index (χ0) is 17.6. The first-order valence-electron chi connectivity index (χ1n) is 8.41. The number of carbonyl (C=O) groups is 3. The van der Waals surface area contributed by atoms with E-state index in [2.05, 4.69) is 20.8 Å². The highest BCUT2D eigenvalue weighted by atomic mass is 32.1. The lowest BCUT2D eigenvalue weighted by Gasteiger charge is -2.26. The number of nitrogens with one attached hydrogen (secondary N) is 2. The number of rotatable bonds is 6. The fraction of sp³-hybridized carbons (Fsp3) is 0.667. The number of amides is 3. The topological polar surface area (TPSA) is 114 Å². The largest absolute Gasteiger partial charge is 0.371 e. The van der Waals surface area contributed by atoms with Crippen molar-refractivity contribution in [3.8, 4) is 0 Å². The molecule has 9 nitrogen and oxygen atoms in total. The molecule has 1 atom stereocenters. The van der Waals surface area contributed by atoms with Crippen LogP contribution in [0.5, 0.6) is 0 Å². The van der Waals surface area contributed by atoms with Crippen LogP contribution >= 0.6 is 11.3 Å². The molecule has 1 aromatic rings. The number of anilines is 1. The molecule has 0 radical (unpaired) electrons. The lowest BCUT2D eigenvalue weighted by Crippen LogP contribution is -2.49. The summed E-state index contributed by atoms with van der Waals surface area (Å²) in [6, 6.07) is 0. The maximum Gasteiger partial charge on any atom is 0.239 e. The Kier molecular flexibility index (Phi) is 5.92. The van der Waals surface area contributed by atoms with Gasteiger partial charge in [0.25, 0.3) is 0 Å². The Labute approximate surface area is 149 Å². The van der Waals surface area contributed by atoms with E-state index >= 15 is 0 Å². The molecule has 2 fully saturated rings. The summed E-state index contributed by atoms with van der Waals surface area (Å²) in [5.41, 5.74) is 0. The predicted molar refractivity (Wildman–Crippen MR) is 89.9 cm³/mol. The third-order valence-corrected chi connectivity index (χ3v) is 5.01. The van der Waals surface area contributed by atoms with E-state index in [0.717, 1.165) is 24.5 Å². The molecule has 0 bridgehead atoms. The monoisotopic (exact) mass is 367 g/mol. The van der Waals surface area contributed by atoms with Crippen LogP contribution in [-0.2, 0) is 19.1 Å². The maximum atomic E-state index is 12.0. The third kappa shape index (κ3) is 4.95. The maximum absolute atomic E-state index is 12.0. The molecule has 3 rings (SSSR count). The second-order valence-corrected chi connectivity index (χ2v) is 7.02. The molecule has 1 aromatic heterocycles. The van der Waals surface area contributed by atoms with Gasteiger partial charge in [0.2, 0.25) is 22.9 Å². The molecule has 25 heavy (non-hydrogen) atoms. The van der Waals surface area contributed by atoms with E-state index < -0.39 is 0 Å². The van der Waals surface area contributed by atoms with E-state index in [1.165, 1.54) is 16.2 Å². The number of nitrogens with zero attached hydrogens (tertiary/aromatic N) is 3. The summed E-state index contributed by atoms with van der Waals surface area (Å²) in [7, 11) is 0. The van der Waals surface area contributed by atoms with Crippen LogP contribution in [0.4, 0.5) is 5.13 Å². The first-order valence-corrected chi connectivity index (χ1v) is 9.23. The minimum Gasteiger partial charge on any atom is -0.371 e. The Morgan fingerprint density at radius 1 is 1.36 bits per heavy atom. The van der Waals surface area contributed by atoms with Gasteiger partial charge in [0.05, 0.1) is 6.54 Å². The molecule has 0 spiro atoms. The first-order chi connectivity index (χ1) is 12.1. The van der Waals surface area contributed by atoms with Gasteiger partial charge in [-0.05, 0) is 19.3 Å². The highest BCUT2D eigenvalue weighted by molar-refractivity contribution is 7.15. The van der Waals surface area contributed by atoms with Crippen LogP contribution in [0.3, 0.4) is 0 Å². The average molecular weight is 367 g/mol. The summed E-state index contributed by atoms with van der Waals surface area (Å²) in [4.78, 5) is 36.8.